The Morgan fingerprint density at radius 1 is 0.952 bits per heavy atom. The zero-order chi connectivity index (χ0) is 15.7. The molecule has 0 radical (unpaired) electrons. The zero-order valence-electron chi connectivity index (χ0n) is 13.8. The highest BCUT2D eigenvalue weighted by Gasteiger charge is 2.13. The standard InChI is InChI=1S/C17H29NO3/c1-5-7-9-20-15-11-14(13-18(3)4)12-16(17(15)19)21-10-8-6-2/h11-12,19H,5-10,13H2,1-4H3. The Kier molecular flexibility index (Phi) is 7.98. The van der Waals surface area contributed by atoms with Crippen LogP contribution in [0.3, 0.4) is 0 Å². The van der Waals surface area contributed by atoms with Crippen molar-refractivity contribution in [1.29, 1.82) is 0 Å². The first kappa shape index (κ1) is 17.6. The second-order valence-electron chi connectivity index (χ2n) is 5.58. The lowest BCUT2D eigenvalue weighted by Crippen LogP contribution is -2.11. The summed E-state index contributed by atoms with van der Waals surface area (Å²) in [4.78, 5) is 2.08. The van der Waals surface area contributed by atoms with Gasteiger partial charge in [0.15, 0.2) is 11.5 Å². The van der Waals surface area contributed by atoms with Gasteiger partial charge in [-0.2, -0.15) is 0 Å². The van der Waals surface area contributed by atoms with Crippen molar-refractivity contribution in [2.24, 2.45) is 0 Å². The van der Waals surface area contributed by atoms with Crippen LogP contribution in [0.15, 0.2) is 12.1 Å². The Bertz CT molecular complexity index is 387. The normalized spacial score (nSPS) is 10.9. The summed E-state index contributed by atoms with van der Waals surface area (Å²) in [7, 11) is 4.03. The predicted molar refractivity (Wildman–Crippen MR) is 86.3 cm³/mol. The van der Waals surface area contributed by atoms with Gasteiger partial charge in [-0.3, -0.25) is 0 Å². The number of unbranched alkanes of at least 4 members (excludes halogenated alkanes) is 2. The molecule has 0 unspecified atom stereocenters. The second-order valence-corrected chi connectivity index (χ2v) is 5.58. The quantitative estimate of drug-likeness (QED) is 0.666. The Balaban J connectivity index is 2.89. The van der Waals surface area contributed by atoms with E-state index in [-0.39, 0.29) is 5.75 Å². The van der Waals surface area contributed by atoms with E-state index in [9.17, 15) is 5.11 Å². The van der Waals surface area contributed by atoms with Crippen molar-refractivity contribution in [2.45, 2.75) is 46.1 Å². The lowest BCUT2D eigenvalue weighted by molar-refractivity contribution is 0.266. The Morgan fingerprint density at radius 2 is 1.43 bits per heavy atom. The van der Waals surface area contributed by atoms with Gasteiger partial charge in [0.05, 0.1) is 13.2 Å². The third-order valence-corrected chi connectivity index (χ3v) is 3.11. The van der Waals surface area contributed by atoms with Gasteiger partial charge in [-0.1, -0.05) is 26.7 Å². The van der Waals surface area contributed by atoms with Crippen molar-refractivity contribution in [3.63, 3.8) is 0 Å². The van der Waals surface area contributed by atoms with Crippen molar-refractivity contribution in [2.75, 3.05) is 27.3 Å². The summed E-state index contributed by atoms with van der Waals surface area (Å²) >= 11 is 0. The topological polar surface area (TPSA) is 41.9 Å². The molecule has 0 bridgehead atoms. The van der Waals surface area contributed by atoms with Gasteiger partial charge >= 0.3 is 0 Å². The average Bonchev–Trinajstić information content (AvgIpc) is 2.43. The molecule has 4 nitrogen and oxygen atoms in total. The molecule has 0 heterocycles. The van der Waals surface area contributed by atoms with E-state index in [0.717, 1.165) is 37.8 Å². The first-order chi connectivity index (χ1) is 10.1. The highest BCUT2D eigenvalue weighted by Crippen LogP contribution is 2.38. The molecule has 0 saturated carbocycles. The highest BCUT2D eigenvalue weighted by molar-refractivity contribution is 5.52. The van der Waals surface area contributed by atoms with Crippen LogP contribution in [-0.2, 0) is 6.54 Å². The molecule has 0 aliphatic rings. The third kappa shape index (κ3) is 6.25. The van der Waals surface area contributed by atoms with Crippen molar-refractivity contribution in [1.82, 2.24) is 4.90 Å². The van der Waals surface area contributed by atoms with Crippen LogP contribution < -0.4 is 9.47 Å². The summed E-state index contributed by atoms with van der Waals surface area (Å²) in [5, 5.41) is 10.3. The molecule has 0 amide bonds. The van der Waals surface area contributed by atoms with Gasteiger partial charge in [0.25, 0.3) is 0 Å². The second kappa shape index (κ2) is 9.50. The smallest absolute Gasteiger partial charge is 0.200 e. The first-order valence-corrected chi connectivity index (χ1v) is 7.84. The summed E-state index contributed by atoms with van der Waals surface area (Å²) in [6.07, 6.45) is 4.09. The molecule has 1 aromatic rings. The van der Waals surface area contributed by atoms with Crippen LogP contribution in [0.2, 0.25) is 0 Å². The molecule has 21 heavy (non-hydrogen) atoms. The number of phenolic OH excluding ortho intramolecular Hbond substituents is 1. The van der Waals surface area contributed by atoms with Crippen LogP contribution in [0.4, 0.5) is 0 Å². The monoisotopic (exact) mass is 295 g/mol. The molecule has 1 rings (SSSR count). The summed E-state index contributed by atoms with van der Waals surface area (Å²) in [5.41, 5.74) is 1.08. The first-order valence-electron chi connectivity index (χ1n) is 7.84. The SMILES string of the molecule is CCCCOc1cc(CN(C)C)cc(OCCCC)c1O. The van der Waals surface area contributed by atoms with Crippen LogP contribution >= 0.6 is 0 Å². The molecular weight excluding hydrogens is 266 g/mol. The van der Waals surface area contributed by atoms with Gasteiger partial charge in [-0.25, -0.2) is 0 Å². The number of nitrogens with zero attached hydrogens (tertiary/aromatic N) is 1. The summed E-state index contributed by atoms with van der Waals surface area (Å²) < 4.78 is 11.4. The molecule has 0 fully saturated rings. The minimum absolute atomic E-state index is 0.115. The molecular formula is C17H29NO3. The molecule has 4 heteroatoms. The summed E-state index contributed by atoms with van der Waals surface area (Å²) in [6, 6.07) is 3.80. The fraction of sp³-hybridized carbons (Fsp3) is 0.647. The van der Waals surface area contributed by atoms with Crippen LogP contribution in [0.25, 0.3) is 0 Å². The largest absolute Gasteiger partial charge is 0.502 e. The average molecular weight is 295 g/mol. The molecule has 1 N–H and O–H groups in total. The Morgan fingerprint density at radius 3 is 1.81 bits per heavy atom. The van der Waals surface area contributed by atoms with Gasteiger partial charge in [-0.15, -0.1) is 0 Å². The number of hydrogen-bond acceptors (Lipinski definition) is 4. The van der Waals surface area contributed by atoms with Gasteiger partial charge in [0.1, 0.15) is 0 Å². The molecule has 0 spiro atoms. The maximum atomic E-state index is 10.3. The van der Waals surface area contributed by atoms with Crippen molar-refractivity contribution in [3.05, 3.63) is 17.7 Å². The molecule has 0 aromatic heterocycles. The molecule has 1 aromatic carbocycles. The van der Waals surface area contributed by atoms with E-state index in [1.54, 1.807) is 0 Å². The lowest BCUT2D eigenvalue weighted by Gasteiger charge is -2.16. The van der Waals surface area contributed by atoms with E-state index in [2.05, 4.69) is 18.7 Å². The van der Waals surface area contributed by atoms with E-state index in [0.29, 0.717) is 24.7 Å². The maximum Gasteiger partial charge on any atom is 0.200 e. The van der Waals surface area contributed by atoms with E-state index < -0.39 is 0 Å². The molecule has 0 aliphatic heterocycles. The number of benzene rings is 1. The van der Waals surface area contributed by atoms with Crippen LogP contribution in [-0.4, -0.2) is 37.3 Å². The van der Waals surface area contributed by atoms with E-state index in [1.165, 1.54) is 0 Å². The zero-order valence-corrected chi connectivity index (χ0v) is 13.8. The number of aromatic hydroxyl groups is 1. The highest BCUT2D eigenvalue weighted by atomic mass is 16.5. The number of hydrogen-bond donors (Lipinski definition) is 1. The van der Waals surface area contributed by atoms with Crippen LogP contribution in [0.1, 0.15) is 45.1 Å². The van der Waals surface area contributed by atoms with Gasteiger partial charge in [0.2, 0.25) is 5.75 Å². The lowest BCUT2D eigenvalue weighted by atomic mass is 10.1. The number of phenols is 1. The van der Waals surface area contributed by atoms with Crippen molar-refractivity contribution >= 4 is 0 Å². The van der Waals surface area contributed by atoms with Crippen molar-refractivity contribution < 1.29 is 14.6 Å². The van der Waals surface area contributed by atoms with Gasteiger partial charge in [-0.05, 0) is 44.6 Å². The van der Waals surface area contributed by atoms with Gasteiger partial charge < -0.3 is 19.5 Å². The number of rotatable bonds is 10. The molecule has 120 valence electrons. The third-order valence-electron chi connectivity index (χ3n) is 3.11. The fourth-order valence-electron chi connectivity index (χ4n) is 1.97. The maximum absolute atomic E-state index is 10.3. The van der Waals surface area contributed by atoms with Gasteiger partial charge in [0, 0.05) is 6.54 Å². The molecule has 0 aliphatic carbocycles. The minimum atomic E-state index is 0.115. The molecule has 0 saturated heterocycles. The predicted octanol–water partition coefficient (Wildman–Crippen LogP) is 3.81. The Labute approximate surface area is 128 Å². The van der Waals surface area contributed by atoms with E-state index >= 15 is 0 Å². The fourth-order valence-corrected chi connectivity index (χ4v) is 1.97. The molecule has 0 atom stereocenters. The van der Waals surface area contributed by atoms with E-state index in [4.69, 9.17) is 9.47 Å². The number of ether oxygens (including phenoxy) is 2. The summed E-state index contributed by atoms with van der Waals surface area (Å²) in [5.74, 6) is 1.16. The summed E-state index contributed by atoms with van der Waals surface area (Å²) in [6.45, 7) is 6.25. The van der Waals surface area contributed by atoms with Crippen molar-refractivity contribution in [3.8, 4) is 17.2 Å². The van der Waals surface area contributed by atoms with Crippen LogP contribution in [0.5, 0.6) is 17.2 Å². The minimum Gasteiger partial charge on any atom is -0.502 e. The Hall–Kier alpha value is -1.42. The van der Waals surface area contributed by atoms with E-state index in [1.807, 2.05) is 26.2 Å². The van der Waals surface area contributed by atoms with Crippen LogP contribution in [0, 0.1) is 0 Å².